The normalized spacial score (nSPS) is 19.2. The van der Waals surface area contributed by atoms with Crippen molar-refractivity contribution in [3.8, 4) is 0 Å². The number of ether oxygens (including phenoxy) is 2. The lowest BCUT2D eigenvalue weighted by Crippen LogP contribution is -2.40. The number of halogens is 5. The molecule has 5 rings (SSSR count). The largest absolute Gasteiger partial charge is 0.379 e. The van der Waals surface area contributed by atoms with Crippen LogP contribution in [0.5, 0.6) is 0 Å². The Kier molecular flexibility index (Phi) is 7.47. The van der Waals surface area contributed by atoms with Gasteiger partial charge in [-0.25, -0.2) is 35.4 Å². The van der Waals surface area contributed by atoms with Crippen molar-refractivity contribution < 1.29 is 39.8 Å². The third-order valence-electron chi connectivity index (χ3n) is 6.35. The highest BCUT2D eigenvalue weighted by Gasteiger charge is 2.29. The van der Waals surface area contributed by atoms with Gasteiger partial charge in [0.25, 0.3) is 0 Å². The molecule has 2 fully saturated rings. The number of imidazole rings is 1. The maximum absolute atomic E-state index is 14.2. The lowest BCUT2D eigenvalue weighted by atomic mass is 10.2. The predicted molar refractivity (Wildman–Crippen MR) is 124 cm³/mol. The van der Waals surface area contributed by atoms with E-state index in [0.717, 1.165) is 24.6 Å². The Morgan fingerprint density at radius 2 is 1.65 bits per heavy atom. The average molecular weight is 564 g/mol. The molecule has 0 N–H and O–H groups in total. The van der Waals surface area contributed by atoms with E-state index < -0.39 is 50.4 Å². The summed E-state index contributed by atoms with van der Waals surface area (Å²) >= 11 is 0.786. The molecular weight excluding hydrogens is 541 g/mol. The topological polar surface area (TPSA) is 73.7 Å². The van der Waals surface area contributed by atoms with Gasteiger partial charge in [0.15, 0.2) is 28.4 Å². The molecule has 2 aliphatic heterocycles. The molecule has 3 heterocycles. The van der Waals surface area contributed by atoms with E-state index in [1.165, 1.54) is 16.4 Å². The number of nitrogens with zero attached hydrogens (tertiary/aromatic N) is 3. The minimum atomic E-state index is -3.81. The number of sulfonamides is 1. The third kappa shape index (κ3) is 4.97. The second-order valence-electron chi connectivity index (χ2n) is 8.64. The fraction of sp³-hybridized carbons (Fsp3) is 0.435. The molecular formula is C23H22F5N3O4S2. The van der Waals surface area contributed by atoms with Crippen molar-refractivity contribution in [1.82, 2.24) is 13.9 Å². The number of morpholine rings is 1. The number of fused-ring (bicyclic) bond motifs is 1. The molecule has 200 valence electrons. The highest BCUT2D eigenvalue weighted by molar-refractivity contribution is 7.98. The van der Waals surface area contributed by atoms with Crippen molar-refractivity contribution in [2.75, 3.05) is 32.9 Å². The van der Waals surface area contributed by atoms with Crippen LogP contribution in [0.2, 0.25) is 0 Å². The SMILES string of the molecule is O=S(=O)(c1ccc2c(c1)nc(SCc1c(F)c(F)c(F)c(F)c1F)n2C[C@H]1CCCO1)N1CCOCC1. The standard InChI is InChI=1S/C23H22F5N3O4S2/c24-18-15(19(25)21(27)22(28)20(18)26)12-36-23-29-16-10-14(37(32,33)30-5-8-34-9-6-30)3-4-17(16)31(23)11-13-2-1-7-35-13/h3-4,10,13H,1-2,5-9,11-12H2/t13-/m1/s1. The van der Waals surface area contributed by atoms with E-state index >= 15 is 0 Å². The van der Waals surface area contributed by atoms with Crippen molar-refractivity contribution in [2.24, 2.45) is 0 Å². The molecule has 0 unspecified atom stereocenters. The molecule has 7 nitrogen and oxygen atoms in total. The Bertz CT molecular complexity index is 1410. The van der Waals surface area contributed by atoms with Gasteiger partial charge in [-0.15, -0.1) is 0 Å². The van der Waals surface area contributed by atoms with Crippen LogP contribution in [-0.4, -0.2) is 61.3 Å². The van der Waals surface area contributed by atoms with Gasteiger partial charge in [0.1, 0.15) is 0 Å². The summed E-state index contributed by atoms with van der Waals surface area (Å²) in [5.74, 6) is -10.6. The second kappa shape index (κ2) is 10.5. The van der Waals surface area contributed by atoms with Gasteiger partial charge in [0, 0.05) is 31.0 Å². The molecule has 0 saturated carbocycles. The van der Waals surface area contributed by atoms with Crippen LogP contribution in [-0.2, 0) is 31.8 Å². The van der Waals surface area contributed by atoms with Crippen LogP contribution in [0.4, 0.5) is 22.0 Å². The fourth-order valence-corrected chi connectivity index (χ4v) is 6.82. The molecule has 0 spiro atoms. The molecule has 2 aliphatic rings. The summed E-state index contributed by atoms with van der Waals surface area (Å²) in [6, 6.07) is 4.46. The summed E-state index contributed by atoms with van der Waals surface area (Å²) in [6.07, 6.45) is 1.46. The minimum absolute atomic E-state index is 0.0278. The van der Waals surface area contributed by atoms with E-state index in [4.69, 9.17) is 9.47 Å². The third-order valence-corrected chi connectivity index (χ3v) is 9.25. The molecule has 0 amide bonds. The van der Waals surface area contributed by atoms with Crippen LogP contribution in [0, 0.1) is 29.1 Å². The number of rotatable bonds is 7. The van der Waals surface area contributed by atoms with Crippen LogP contribution in [0.1, 0.15) is 18.4 Å². The molecule has 1 aromatic heterocycles. The first kappa shape index (κ1) is 26.4. The zero-order valence-electron chi connectivity index (χ0n) is 19.4. The molecule has 37 heavy (non-hydrogen) atoms. The first-order valence-electron chi connectivity index (χ1n) is 11.5. The number of hydrogen-bond donors (Lipinski definition) is 0. The van der Waals surface area contributed by atoms with Crippen molar-refractivity contribution >= 4 is 32.8 Å². The summed E-state index contributed by atoms with van der Waals surface area (Å²) in [7, 11) is -3.81. The maximum atomic E-state index is 14.2. The molecule has 0 aliphatic carbocycles. The maximum Gasteiger partial charge on any atom is 0.243 e. The van der Waals surface area contributed by atoms with Crippen molar-refractivity contribution in [3.05, 3.63) is 52.8 Å². The fourth-order valence-electron chi connectivity index (χ4n) is 4.38. The van der Waals surface area contributed by atoms with E-state index in [0.29, 0.717) is 24.2 Å². The van der Waals surface area contributed by atoms with Gasteiger partial charge in [-0.3, -0.25) is 0 Å². The number of aromatic nitrogens is 2. The molecule has 3 aromatic rings. The number of thioether (sulfide) groups is 1. The van der Waals surface area contributed by atoms with E-state index in [-0.39, 0.29) is 42.5 Å². The molecule has 2 aromatic carbocycles. The molecule has 1 atom stereocenters. The van der Waals surface area contributed by atoms with Gasteiger partial charge in [-0.2, -0.15) is 4.31 Å². The van der Waals surface area contributed by atoms with Crippen molar-refractivity contribution in [1.29, 1.82) is 0 Å². The highest BCUT2D eigenvalue weighted by Crippen LogP contribution is 2.33. The van der Waals surface area contributed by atoms with Gasteiger partial charge < -0.3 is 14.0 Å². The summed E-state index contributed by atoms with van der Waals surface area (Å²) in [6.45, 7) is 1.91. The first-order valence-corrected chi connectivity index (χ1v) is 13.9. The van der Waals surface area contributed by atoms with Gasteiger partial charge in [-0.1, -0.05) is 11.8 Å². The zero-order valence-corrected chi connectivity index (χ0v) is 21.0. The second-order valence-corrected chi connectivity index (χ2v) is 11.5. The number of hydrogen-bond acceptors (Lipinski definition) is 6. The van der Waals surface area contributed by atoms with Gasteiger partial charge in [-0.05, 0) is 31.0 Å². The Morgan fingerprint density at radius 3 is 2.30 bits per heavy atom. The Morgan fingerprint density at radius 1 is 0.973 bits per heavy atom. The lowest BCUT2D eigenvalue weighted by Gasteiger charge is -2.26. The van der Waals surface area contributed by atoms with Crippen LogP contribution < -0.4 is 0 Å². The zero-order chi connectivity index (χ0) is 26.3. The molecule has 0 bridgehead atoms. The van der Waals surface area contributed by atoms with E-state index in [1.54, 1.807) is 10.6 Å². The average Bonchev–Trinajstić information content (AvgIpc) is 3.54. The van der Waals surface area contributed by atoms with Crippen LogP contribution in [0.15, 0.2) is 28.3 Å². The summed E-state index contributed by atoms with van der Waals surface area (Å²) in [5.41, 5.74) is -0.101. The van der Waals surface area contributed by atoms with Crippen molar-refractivity contribution in [3.63, 3.8) is 0 Å². The number of benzene rings is 2. The smallest absolute Gasteiger partial charge is 0.243 e. The highest BCUT2D eigenvalue weighted by atomic mass is 32.2. The molecule has 0 radical (unpaired) electrons. The van der Waals surface area contributed by atoms with Gasteiger partial charge >= 0.3 is 0 Å². The van der Waals surface area contributed by atoms with Crippen molar-refractivity contribution in [2.45, 2.75) is 41.3 Å². The summed E-state index contributed by atoms with van der Waals surface area (Å²) in [5, 5.41) is 0.232. The Labute approximate surface area is 213 Å². The summed E-state index contributed by atoms with van der Waals surface area (Å²) < 4.78 is 109. The van der Waals surface area contributed by atoms with Crippen LogP contribution in [0.25, 0.3) is 11.0 Å². The minimum Gasteiger partial charge on any atom is -0.379 e. The predicted octanol–water partition coefficient (Wildman–Crippen LogP) is 4.22. The van der Waals surface area contributed by atoms with Gasteiger partial charge in [0.2, 0.25) is 15.8 Å². The lowest BCUT2D eigenvalue weighted by molar-refractivity contribution is 0.0730. The Hall–Kier alpha value is -2.26. The van der Waals surface area contributed by atoms with Crippen LogP contribution in [0.3, 0.4) is 0 Å². The van der Waals surface area contributed by atoms with E-state index in [9.17, 15) is 30.4 Å². The molecule has 2 saturated heterocycles. The quantitative estimate of drug-likeness (QED) is 0.186. The summed E-state index contributed by atoms with van der Waals surface area (Å²) in [4.78, 5) is 4.49. The van der Waals surface area contributed by atoms with Gasteiger partial charge in [0.05, 0.1) is 41.8 Å². The van der Waals surface area contributed by atoms with Crippen LogP contribution >= 0.6 is 11.8 Å². The Balaban J connectivity index is 1.51. The molecule has 14 heteroatoms. The van der Waals surface area contributed by atoms with E-state index in [1.807, 2.05) is 0 Å². The van der Waals surface area contributed by atoms with E-state index in [2.05, 4.69) is 4.98 Å². The monoisotopic (exact) mass is 563 g/mol. The first-order chi connectivity index (χ1) is 17.7.